The van der Waals surface area contributed by atoms with Gasteiger partial charge in [-0.05, 0) is 49.9 Å². The summed E-state index contributed by atoms with van der Waals surface area (Å²) in [6, 6.07) is 7.00. The Morgan fingerprint density at radius 2 is 1.81 bits per heavy atom. The number of nitrogens with one attached hydrogen (secondary N) is 1. The van der Waals surface area contributed by atoms with Crippen LogP contribution in [-0.2, 0) is 6.54 Å². The predicted molar refractivity (Wildman–Crippen MR) is 87.2 cm³/mol. The van der Waals surface area contributed by atoms with Crippen molar-refractivity contribution in [3.05, 3.63) is 68.5 Å². The molecular weight excluding hydrogens is 288 g/mol. The molecule has 0 fully saturated rings. The Morgan fingerprint density at radius 3 is 2.33 bits per heavy atom. The van der Waals surface area contributed by atoms with Crippen LogP contribution in [0.3, 0.4) is 0 Å². The summed E-state index contributed by atoms with van der Waals surface area (Å²) < 4.78 is 1.72. The van der Waals surface area contributed by atoms with Crippen LogP contribution in [0.2, 0.25) is 0 Å². The van der Waals surface area contributed by atoms with Gasteiger partial charge in [-0.1, -0.05) is 0 Å². The number of rotatable bonds is 4. The lowest BCUT2D eigenvalue weighted by atomic mass is 10.3. The van der Waals surface area contributed by atoms with Crippen LogP contribution in [-0.4, -0.2) is 15.4 Å². The second-order valence-electron chi connectivity index (χ2n) is 4.86. The summed E-state index contributed by atoms with van der Waals surface area (Å²) in [5, 5.41) is 0. The first-order chi connectivity index (χ1) is 10.0. The van der Waals surface area contributed by atoms with Gasteiger partial charge in [-0.15, -0.1) is 11.6 Å². The first-order valence-corrected chi connectivity index (χ1v) is 7.45. The Bertz CT molecular complexity index is 662. The fourth-order valence-electron chi connectivity index (χ4n) is 1.72. The molecule has 0 amide bonds. The topological polar surface area (TPSA) is 54.9 Å². The van der Waals surface area contributed by atoms with Crippen molar-refractivity contribution in [3.63, 3.8) is 0 Å². The number of aryl methyl sites for hydroxylation is 3. The summed E-state index contributed by atoms with van der Waals surface area (Å²) in [4.78, 5) is 24.3. The lowest BCUT2D eigenvalue weighted by Crippen LogP contribution is -2.18. The maximum absolute atomic E-state index is 11.4. The van der Waals surface area contributed by atoms with E-state index in [2.05, 4.69) is 4.98 Å². The third-order valence-electron chi connectivity index (χ3n) is 2.86. The normalized spacial score (nSPS) is 9.86. The van der Waals surface area contributed by atoms with Gasteiger partial charge in [-0.3, -0.25) is 9.59 Å². The number of pyridine rings is 2. The Morgan fingerprint density at radius 1 is 1.10 bits per heavy atom. The molecule has 21 heavy (non-hydrogen) atoms. The molecule has 2 aromatic heterocycles. The standard InChI is InChI=1S/C10H14ClNO.C6H7NO/c1-9-4-7-12(10(13)8-9)6-3-2-5-11;1-5-2-3-7-6(8)4-5/h4,7-8H,2-3,5-6H2,1H3;2-4H,1H3,(H,7,8). The maximum atomic E-state index is 11.4. The molecule has 114 valence electrons. The van der Waals surface area contributed by atoms with E-state index in [0.29, 0.717) is 5.88 Å². The highest BCUT2D eigenvalue weighted by Crippen LogP contribution is 1.96. The van der Waals surface area contributed by atoms with E-state index in [0.717, 1.165) is 30.5 Å². The third kappa shape index (κ3) is 6.95. The van der Waals surface area contributed by atoms with Crippen LogP contribution in [0.15, 0.2) is 46.2 Å². The van der Waals surface area contributed by atoms with Gasteiger partial charge in [-0.25, -0.2) is 0 Å². The van der Waals surface area contributed by atoms with E-state index in [1.54, 1.807) is 22.9 Å². The predicted octanol–water partition coefficient (Wildman–Crippen LogP) is 2.86. The zero-order chi connectivity index (χ0) is 15.7. The molecule has 0 radical (unpaired) electrons. The number of aromatic nitrogens is 2. The van der Waals surface area contributed by atoms with Crippen LogP contribution in [0.5, 0.6) is 0 Å². The molecule has 1 N–H and O–H groups in total. The molecular formula is C16H21ClN2O2. The average Bonchev–Trinajstić information content (AvgIpc) is 2.42. The Hall–Kier alpha value is -1.81. The minimum absolute atomic E-state index is 0.0370. The van der Waals surface area contributed by atoms with E-state index in [9.17, 15) is 9.59 Å². The van der Waals surface area contributed by atoms with Crippen molar-refractivity contribution in [2.24, 2.45) is 0 Å². The molecule has 0 saturated heterocycles. The number of unbranched alkanes of at least 4 members (excludes halogenated alkanes) is 1. The van der Waals surface area contributed by atoms with Gasteiger partial charge in [0.2, 0.25) is 5.56 Å². The van der Waals surface area contributed by atoms with Crippen LogP contribution in [0.1, 0.15) is 24.0 Å². The molecule has 0 spiro atoms. The first-order valence-electron chi connectivity index (χ1n) is 6.91. The highest BCUT2D eigenvalue weighted by Gasteiger charge is 1.94. The molecule has 0 atom stereocenters. The Kier molecular flexibility index (Phi) is 7.54. The van der Waals surface area contributed by atoms with Crippen molar-refractivity contribution < 1.29 is 0 Å². The molecule has 0 aromatic carbocycles. The fourth-order valence-corrected chi connectivity index (χ4v) is 1.91. The molecule has 5 heteroatoms. The van der Waals surface area contributed by atoms with Crippen molar-refractivity contribution in [2.45, 2.75) is 33.2 Å². The maximum Gasteiger partial charge on any atom is 0.250 e. The minimum atomic E-state index is -0.0370. The highest BCUT2D eigenvalue weighted by molar-refractivity contribution is 6.17. The molecule has 0 bridgehead atoms. The van der Waals surface area contributed by atoms with Crippen molar-refractivity contribution in [3.8, 4) is 0 Å². The summed E-state index contributed by atoms with van der Waals surface area (Å²) in [5.74, 6) is 0.667. The fraction of sp³-hybridized carbons (Fsp3) is 0.375. The molecule has 0 aliphatic rings. The van der Waals surface area contributed by atoms with Crippen molar-refractivity contribution >= 4 is 11.6 Å². The van der Waals surface area contributed by atoms with E-state index in [1.165, 1.54) is 0 Å². The number of hydrogen-bond acceptors (Lipinski definition) is 2. The average molecular weight is 309 g/mol. The van der Waals surface area contributed by atoms with Gasteiger partial charge in [0.25, 0.3) is 5.56 Å². The van der Waals surface area contributed by atoms with Gasteiger partial charge < -0.3 is 9.55 Å². The van der Waals surface area contributed by atoms with Crippen molar-refractivity contribution in [1.82, 2.24) is 9.55 Å². The van der Waals surface area contributed by atoms with Crippen LogP contribution in [0.25, 0.3) is 0 Å². The van der Waals surface area contributed by atoms with Gasteiger partial charge in [0.1, 0.15) is 0 Å². The Labute approximate surface area is 129 Å². The zero-order valence-electron chi connectivity index (χ0n) is 12.4. The smallest absolute Gasteiger partial charge is 0.250 e. The number of aromatic amines is 1. The summed E-state index contributed by atoms with van der Waals surface area (Å²) in [6.45, 7) is 4.57. The van der Waals surface area contributed by atoms with Crippen LogP contribution in [0, 0.1) is 13.8 Å². The van der Waals surface area contributed by atoms with Gasteiger partial charge in [0.15, 0.2) is 0 Å². The number of hydrogen-bond donors (Lipinski definition) is 1. The van der Waals surface area contributed by atoms with Crippen LogP contribution < -0.4 is 11.1 Å². The number of halogens is 1. The van der Waals surface area contributed by atoms with Crippen LogP contribution >= 0.6 is 11.6 Å². The molecule has 0 unspecified atom stereocenters. The number of nitrogens with zero attached hydrogens (tertiary/aromatic N) is 1. The summed E-state index contributed by atoms with van der Waals surface area (Å²) in [6.07, 6.45) is 5.40. The quantitative estimate of drug-likeness (QED) is 0.697. The number of alkyl halides is 1. The van der Waals surface area contributed by atoms with Gasteiger partial charge >= 0.3 is 0 Å². The summed E-state index contributed by atoms with van der Waals surface area (Å²) in [5.41, 5.74) is 2.05. The monoisotopic (exact) mass is 308 g/mol. The Balaban J connectivity index is 0.000000235. The number of H-pyrrole nitrogens is 1. The molecule has 4 nitrogen and oxygen atoms in total. The molecule has 2 rings (SSSR count). The van der Waals surface area contributed by atoms with Crippen molar-refractivity contribution in [1.29, 1.82) is 0 Å². The lowest BCUT2D eigenvalue weighted by Gasteiger charge is -2.04. The summed E-state index contributed by atoms with van der Waals surface area (Å²) in [7, 11) is 0. The van der Waals surface area contributed by atoms with Crippen molar-refractivity contribution in [2.75, 3.05) is 5.88 Å². The van der Waals surface area contributed by atoms with Gasteiger partial charge in [0.05, 0.1) is 0 Å². The molecule has 0 saturated carbocycles. The highest BCUT2D eigenvalue weighted by atomic mass is 35.5. The van der Waals surface area contributed by atoms with E-state index < -0.39 is 0 Å². The minimum Gasteiger partial charge on any atom is -0.329 e. The van der Waals surface area contributed by atoms with E-state index in [4.69, 9.17) is 11.6 Å². The first kappa shape index (κ1) is 17.2. The van der Waals surface area contributed by atoms with Crippen LogP contribution in [0.4, 0.5) is 0 Å². The molecule has 2 heterocycles. The summed E-state index contributed by atoms with van der Waals surface area (Å²) >= 11 is 5.55. The van der Waals surface area contributed by atoms with Gasteiger partial charge in [0, 0.05) is 37.0 Å². The van der Waals surface area contributed by atoms with E-state index in [-0.39, 0.29) is 11.1 Å². The second kappa shape index (κ2) is 9.19. The second-order valence-corrected chi connectivity index (χ2v) is 5.24. The molecule has 2 aromatic rings. The van der Waals surface area contributed by atoms with E-state index in [1.807, 2.05) is 32.2 Å². The lowest BCUT2D eigenvalue weighted by molar-refractivity contribution is 0.614. The molecule has 0 aliphatic heterocycles. The molecule has 0 aliphatic carbocycles. The third-order valence-corrected chi connectivity index (χ3v) is 3.13. The van der Waals surface area contributed by atoms with E-state index >= 15 is 0 Å². The largest absolute Gasteiger partial charge is 0.329 e. The zero-order valence-corrected chi connectivity index (χ0v) is 13.2. The SMILES string of the molecule is Cc1cc[nH]c(=O)c1.Cc1ccn(CCCCCl)c(=O)c1. The van der Waals surface area contributed by atoms with Gasteiger partial charge in [-0.2, -0.15) is 0 Å².